The van der Waals surface area contributed by atoms with Crippen LogP contribution >= 0.6 is 0 Å². The van der Waals surface area contributed by atoms with Crippen molar-refractivity contribution in [1.82, 2.24) is 14.8 Å². The number of amides is 2. The standard InChI is InChI=1S/C27H26N4O3/c28-17-20-7-5-19(6-8-20)9-10-25(32)31-12-11-24-22(18-31)26(21-3-1-2-4-23(21)29-24)27(33)30-13-15-34-16-14-30/h1-8H,9-16,18H2. The molecule has 1 saturated heterocycles. The highest BCUT2D eigenvalue weighted by Gasteiger charge is 2.30. The van der Waals surface area contributed by atoms with Crippen molar-refractivity contribution in [3.05, 3.63) is 76.5 Å². The average Bonchev–Trinajstić information content (AvgIpc) is 2.90. The number of nitriles is 1. The minimum atomic E-state index is -0.00923. The number of para-hydroxylation sites is 1. The lowest BCUT2D eigenvalue weighted by atomic mass is 9.94. The topological polar surface area (TPSA) is 86.5 Å². The molecule has 3 heterocycles. The molecule has 7 nitrogen and oxygen atoms in total. The molecule has 0 spiro atoms. The van der Waals surface area contributed by atoms with Gasteiger partial charge in [-0.05, 0) is 30.2 Å². The van der Waals surface area contributed by atoms with Crippen LogP contribution in [0.25, 0.3) is 10.9 Å². The number of benzene rings is 2. The first kappa shape index (κ1) is 22.1. The predicted molar refractivity (Wildman–Crippen MR) is 127 cm³/mol. The van der Waals surface area contributed by atoms with Crippen molar-refractivity contribution in [2.75, 3.05) is 32.8 Å². The van der Waals surface area contributed by atoms with Crippen LogP contribution in [0.2, 0.25) is 0 Å². The van der Waals surface area contributed by atoms with Gasteiger partial charge in [-0.25, -0.2) is 0 Å². The SMILES string of the molecule is N#Cc1ccc(CCC(=O)N2CCc3nc4ccccc4c(C(=O)N4CCOCC4)c3C2)cc1. The highest BCUT2D eigenvalue weighted by atomic mass is 16.5. The first-order valence-electron chi connectivity index (χ1n) is 11.7. The molecule has 0 radical (unpaired) electrons. The quantitative estimate of drug-likeness (QED) is 0.605. The number of nitrogens with zero attached hydrogens (tertiary/aromatic N) is 4. The van der Waals surface area contributed by atoms with Gasteiger partial charge in [0.15, 0.2) is 0 Å². The summed E-state index contributed by atoms with van der Waals surface area (Å²) in [5.41, 5.74) is 4.91. The van der Waals surface area contributed by atoms with Crippen molar-refractivity contribution >= 4 is 22.7 Å². The lowest BCUT2D eigenvalue weighted by Crippen LogP contribution is -2.42. The van der Waals surface area contributed by atoms with Crippen LogP contribution in [0.15, 0.2) is 48.5 Å². The number of carbonyl (C=O) groups is 2. The average molecular weight is 455 g/mol. The molecule has 0 saturated carbocycles. The molecule has 7 heteroatoms. The third-order valence-electron chi connectivity index (χ3n) is 6.62. The Hall–Kier alpha value is -3.76. The summed E-state index contributed by atoms with van der Waals surface area (Å²) in [6.45, 7) is 3.20. The van der Waals surface area contributed by atoms with Crippen molar-refractivity contribution in [3.8, 4) is 6.07 Å². The number of morpholine rings is 1. The maximum absolute atomic E-state index is 13.6. The maximum Gasteiger partial charge on any atom is 0.255 e. The van der Waals surface area contributed by atoms with Crippen LogP contribution in [0, 0.1) is 11.3 Å². The highest BCUT2D eigenvalue weighted by molar-refractivity contribution is 6.07. The van der Waals surface area contributed by atoms with Crippen LogP contribution in [0.3, 0.4) is 0 Å². The normalized spacial score (nSPS) is 15.6. The molecule has 3 aromatic rings. The Bertz CT molecular complexity index is 1270. The van der Waals surface area contributed by atoms with E-state index in [1.807, 2.05) is 46.2 Å². The lowest BCUT2D eigenvalue weighted by molar-refractivity contribution is -0.132. The number of pyridine rings is 1. The number of aromatic nitrogens is 1. The lowest BCUT2D eigenvalue weighted by Gasteiger charge is -2.32. The molecule has 5 rings (SSSR count). The van der Waals surface area contributed by atoms with Gasteiger partial charge in [-0.1, -0.05) is 30.3 Å². The van der Waals surface area contributed by atoms with E-state index in [1.165, 1.54) is 0 Å². The van der Waals surface area contributed by atoms with E-state index in [1.54, 1.807) is 12.1 Å². The summed E-state index contributed by atoms with van der Waals surface area (Å²) in [5.74, 6) is 0.0537. The van der Waals surface area contributed by atoms with Crippen molar-refractivity contribution < 1.29 is 14.3 Å². The largest absolute Gasteiger partial charge is 0.378 e. The minimum Gasteiger partial charge on any atom is -0.378 e. The molecule has 0 atom stereocenters. The highest BCUT2D eigenvalue weighted by Crippen LogP contribution is 2.30. The zero-order chi connectivity index (χ0) is 23.5. The van der Waals surface area contributed by atoms with Gasteiger partial charge in [0, 0.05) is 55.7 Å². The minimum absolute atomic E-state index is 0.00923. The molecule has 0 bridgehead atoms. The molecule has 2 aromatic carbocycles. The fourth-order valence-electron chi connectivity index (χ4n) is 4.73. The molecule has 2 aliphatic heterocycles. The number of carbonyl (C=O) groups excluding carboxylic acids is 2. The van der Waals surface area contributed by atoms with E-state index < -0.39 is 0 Å². The predicted octanol–water partition coefficient (Wildman–Crippen LogP) is 3.10. The van der Waals surface area contributed by atoms with Crippen LogP contribution in [0.4, 0.5) is 0 Å². The molecule has 0 aliphatic carbocycles. The molecular formula is C27H26N4O3. The van der Waals surface area contributed by atoms with Crippen LogP contribution < -0.4 is 0 Å². The fourth-order valence-corrected chi connectivity index (χ4v) is 4.73. The molecule has 2 aliphatic rings. The molecule has 0 unspecified atom stereocenters. The smallest absolute Gasteiger partial charge is 0.255 e. The van der Waals surface area contributed by atoms with Crippen LogP contribution in [-0.4, -0.2) is 59.4 Å². The monoisotopic (exact) mass is 454 g/mol. The number of hydrogen-bond donors (Lipinski definition) is 0. The van der Waals surface area contributed by atoms with E-state index in [2.05, 4.69) is 6.07 Å². The summed E-state index contributed by atoms with van der Waals surface area (Å²) in [7, 11) is 0. The van der Waals surface area contributed by atoms with Gasteiger partial charge in [-0.3, -0.25) is 14.6 Å². The van der Waals surface area contributed by atoms with E-state index >= 15 is 0 Å². The molecular weight excluding hydrogens is 428 g/mol. The number of fused-ring (bicyclic) bond motifs is 2. The Labute approximate surface area is 198 Å². The van der Waals surface area contributed by atoms with Gasteiger partial charge in [-0.15, -0.1) is 0 Å². The van der Waals surface area contributed by atoms with E-state index in [0.717, 1.165) is 27.7 Å². The van der Waals surface area contributed by atoms with Crippen molar-refractivity contribution in [3.63, 3.8) is 0 Å². The summed E-state index contributed by atoms with van der Waals surface area (Å²) < 4.78 is 5.44. The maximum atomic E-state index is 13.6. The number of ether oxygens (including phenoxy) is 1. The van der Waals surface area contributed by atoms with Crippen LogP contribution in [0.1, 0.15) is 39.2 Å². The van der Waals surface area contributed by atoms with E-state index in [0.29, 0.717) is 69.8 Å². The van der Waals surface area contributed by atoms with Gasteiger partial charge < -0.3 is 14.5 Å². The second-order valence-corrected chi connectivity index (χ2v) is 8.71. The fraction of sp³-hybridized carbons (Fsp3) is 0.333. The van der Waals surface area contributed by atoms with Crippen LogP contribution in [0.5, 0.6) is 0 Å². The van der Waals surface area contributed by atoms with Gasteiger partial charge in [0.1, 0.15) is 0 Å². The summed E-state index contributed by atoms with van der Waals surface area (Å²) in [6, 6.07) is 17.2. The Kier molecular flexibility index (Phi) is 6.24. The molecule has 172 valence electrons. The third kappa shape index (κ3) is 4.37. The molecule has 1 fully saturated rings. The van der Waals surface area contributed by atoms with Crippen molar-refractivity contribution in [2.24, 2.45) is 0 Å². The molecule has 1 aromatic heterocycles. The second kappa shape index (κ2) is 9.62. The number of hydrogen-bond acceptors (Lipinski definition) is 5. The van der Waals surface area contributed by atoms with Gasteiger partial charge >= 0.3 is 0 Å². The van der Waals surface area contributed by atoms with Gasteiger partial charge in [-0.2, -0.15) is 5.26 Å². The van der Waals surface area contributed by atoms with E-state index in [-0.39, 0.29) is 11.8 Å². The number of rotatable bonds is 4. The first-order valence-corrected chi connectivity index (χ1v) is 11.7. The second-order valence-electron chi connectivity index (χ2n) is 8.71. The third-order valence-corrected chi connectivity index (χ3v) is 6.62. The molecule has 2 amide bonds. The Morgan fingerprint density at radius 2 is 1.76 bits per heavy atom. The van der Waals surface area contributed by atoms with E-state index in [9.17, 15) is 9.59 Å². The summed E-state index contributed by atoms with van der Waals surface area (Å²) in [4.78, 5) is 35.3. The van der Waals surface area contributed by atoms with Crippen LogP contribution in [-0.2, 0) is 28.9 Å². The Morgan fingerprint density at radius 1 is 1.00 bits per heavy atom. The number of aryl methyl sites for hydroxylation is 1. The van der Waals surface area contributed by atoms with E-state index in [4.69, 9.17) is 15.0 Å². The summed E-state index contributed by atoms with van der Waals surface area (Å²) >= 11 is 0. The zero-order valence-electron chi connectivity index (χ0n) is 19.0. The Balaban J connectivity index is 1.40. The molecule has 34 heavy (non-hydrogen) atoms. The van der Waals surface area contributed by atoms with Gasteiger partial charge in [0.2, 0.25) is 5.91 Å². The van der Waals surface area contributed by atoms with Crippen molar-refractivity contribution in [1.29, 1.82) is 5.26 Å². The van der Waals surface area contributed by atoms with Gasteiger partial charge in [0.25, 0.3) is 5.91 Å². The molecule has 0 N–H and O–H groups in total. The zero-order valence-corrected chi connectivity index (χ0v) is 19.0. The Morgan fingerprint density at radius 3 is 2.53 bits per heavy atom. The first-order chi connectivity index (χ1) is 16.6. The van der Waals surface area contributed by atoms with Gasteiger partial charge in [0.05, 0.1) is 35.9 Å². The van der Waals surface area contributed by atoms with Crippen molar-refractivity contribution in [2.45, 2.75) is 25.8 Å². The summed E-state index contributed by atoms with van der Waals surface area (Å²) in [6.07, 6.45) is 1.63. The summed E-state index contributed by atoms with van der Waals surface area (Å²) in [5, 5.41) is 9.80.